The number of rotatable bonds is 9. The van der Waals surface area contributed by atoms with Gasteiger partial charge in [-0.25, -0.2) is 51.9 Å². The Morgan fingerprint density at radius 3 is 0.940 bits per heavy atom. The Kier molecular flexibility index (Phi) is 12.0. The van der Waals surface area contributed by atoms with Gasteiger partial charge >= 0.3 is 6.18 Å². The van der Waals surface area contributed by atoms with E-state index < -0.39 is 52.0 Å². The highest BCUT2D eigenvalue weighted by Crippen LogP contribution is 2.47. The van der Waals surface area contributed by atoms with Crippen LogP contribution in [0.5, 0.6) is 0 Å². The molecule has 0 aliphatic rings. The Bertz CT molecular complexity index is 4750. The van der Waals surface area contributed by atoms with E-state index in [9.17, 15) is 4.39 Å². The van der Waals surface area contributed by atoms with Crippen LogP contribution >= 0.6 is 0 Å². The summed E-state index contributed by atoms with van der Waals surface area (Å²) in [5, 5.41) is 2.28. The zero-order chi connectivity index (χ0) is 56.7. The van der Waals surface area contributed by atoms with Crippen LogP contribution in [0.15, 0.2) is 218 Å². The average molecular weight is 1110 g/mol. The number of para-hydroxylation sites is 2. The molecule has 0 N–H and O–H groups in total. The fourth-order valence-electron chi connectivity index (χ4n) is 10.8. The quantitative estimate of drug-likeness (QED) is 0.0813. The smallest absolute Gasteiger partial charge is 0.307 e. The number of aromatic nitrogens is 8. The summed E-state index contributed by atoms with van der Waals surface area (Å²) in [6.45, 7) is 0. The minimum atomic E-state index is -5.43. The van der Waals surface area contributed by atoms with Crippen molar-refractivity contribution in [2.45, 2.75) is 6.18 Å². The normalized spacial score (nSPS) is 11.9. The number of hydrogen-bond acceptors (Lipinski definition) is 6. The molecule has 16 heteroatoms. The zero-order valence-corrected chi connectivity index (χ0v) is 42.9. The molecule has 0 aliphatic carbocycles. The third kappa shape index (κ3) is 8.61. The van der Waals surface area contributed by atoms with Crippen LogP contribution < -0.4 is 0 Å². The SMILES string of the molecule is Fc1c(F)c(F)c(-c2cc(-n3c4ccccc4c4cc(-c5nc(-c6ccccc6)nc(-c6ccccc6)n5)ccc43)c(-n3c4ccccc4c4cc(-c5nc(-c6ccccc6)nc(-c6ccccc6)n5)ccc43)cc2C(F)(F)F)c(F)c1F. The molecule has 14 rings (SSSR count). The van der Waals surface area contributed by atoms with Crippen LogP contribution in [-0.4, -0.2) is 39.0 Å². The van der Waals surface area contributed by atoms with Gasteiger partial charge in [-0.15, -0.1) is 0 Å². The lowest BCUT2D eigenvalue weighted by atomic mass is 9.95. The van der Waals surface area contributed by atoms with Crippen molar-refractivity contribution < 1.29 is 35.1 Å². The second kappa shape index (κ2) is 19.8. The average Bonchev–Trinajstić information content (AvgIpc) is 2.98. The first-order chi connectivity index (χ1) is 40.4. The molecule has 14 aromatic rings. The molecule has 0 spiro atoms. The van der Waals surface area contributed by atoms with Gasteiger partial charge in [0.15, 0.2) is 58.2 Å². The van der Waals surface area contributed by atoms with Crippen LogP contribution in [0, 0.1) is 29.1 Å². The van der Waals surface area contributed by atoms with Crippen LogP contribution in [0.1, 0.15) is 5.56 Å². The summed E-state index contributed by atoms with van der Waals surface area (Å²) in [6.07, 6.45) is -5.43. The van der Waals surface area contributed by atoms with E-state index in [0.717, 1.165) is 28.3 Å². The van der Waals surface area contributed by atoms with Gasteiger partial charge < -0.3 is 9.13 Å². The first-order valence-corrected chi connectivity index (χ1v) is 26.0. The van der Waals surface area contributed by atoms with E-state index >= 15 is 30.7 Å². The second-order valence-electron chi connectivity index (χ2n) is 19.6. The number of fused-ring (bicyclic) bond motifs is 6. The van der Waals surface area contributed by atoms with Crippen LogP contribution in [-0.2, 0) is 6.18 Å². The van der Waals surface area contributed by atoms with Crippen molar-refractivity contribution in [3.8, 4) is 90.8 Å². The van der Waals surface area contributed by atoms with E-state index in [1.54, 1.807) is 81.9 Å². The molecule has 4 aromatic heterocycles. The van der Waals surface area contributed by atoms with Crippen LogP contribution in [0.4, 0.5) is 35.1 Å². The Balaban J connectivity index is 1.05. The highest BCUT2D eigenvalue weighted by molar-refractivity contribution is 6.13. The highest BCUT2D eigenvalue weighted by Gasteiger charge is 2.39. The number of halogens is 8. The number of nitrogens with zero attached hydrogens (tertiary/aromatic N) is 8. The first-order valence-electron chi connectivity index (χ1n) is 26.0. The lowest BCUT2D eigenvalue weighted by Gasteiger charge is -2.22. The molecule has 0 amide bonds. The molecule has 400 valence electrons. The van der Waals surface area contributed by atoms with E-state index in [4.69, 9.17) is 29.9 Å². The lowest BCUT2D eigenvalue weighted by molar-refractivity contribution is -0.137. The molecule has 0 atom stereocenters. The first kappa shape index (κ1) is 50.5. The van der Waals surface area contributed by atoms with Crippen molar-refractivity contribution in [2.24, 2.45) is 0 Å². The molecular formula is C67H36F8N8. The molecule has 0 bridgehead atoms. The van der Waals surface area contributed by atoms with Gasteiger partial charge in [-0.3, -0.25) is 0 Å². The maximum absolute atomic E-state index is 16.2. The topological polar surface area (TPSA) is 87.2 Å². The number of alkyl halides is 3. The van der Waals surface area contributed by atoms with Gasteiger partial charge in [-0.2, -0.15) is 13.2 Å². The molecule has 0 radical (unpaired) electrons. The molecule has 83 heavy (non-hydrogen) atoms. The Morgan fingerprint density at radius 1 is 0.277 bits per heavy atom. The van der Waals surface area contributed by atoms with Crippen molar-refractivity contribution in [1.82, 2.24) is 39.0 Å². The summed E-state index contributed by atoms with van der Waals surface area (Å²) in [6, 6.07) is 63.6. The summed E-state index contributed by atoms with van der Waals surface area (Å²) in [5.74, 6) is -10.0. The summed E-state index contributed by atoms with van der Waals surface area (Å²) in [5.41, 5.74) is 0.602. The van der Waals surface area contributed by atoms with Gasteiger partial charge in [0.2, 0.25) is 5.82 Å². The Hall–Kier alpha value is -10.7. The molecule has 0 saturated heterocycles. The molecule has 0 saturated carbocycles. The number of hydrogen-bond donors (Lipinski definition) is 0. The second-order valence-corrected chi connectivity index (χ2v) is 19.6. The maximum Gasteiger partial charge on any atom is 0.417 e. The fraction of sp³-hybridized carbons (Fsp3) is 0.0149. The van der Waals surface area contributed by atoms with Crippen molar-refractivity contribution in [3.63, 3.8) is 0 Å². The van der Waals surface area contributed by atoms with E-state index in [1.807, 2.05) is 133 Å². The van der Waals surface area contributed by atoms with E-state index in [2.05, 4.69) is 0 Å². The maximum atomic E-state index is 16.2. The van der Waals surface area contributed by atoms with Crippen LogP contribution in [0.2, 0.25) is 0 Å². The third-order valence-corrected chi connectivity index (χ3v) is 14.6. The van der Waals surface area contributed by atoms with Crippen LogP contribution in [0.3, 0.4) is 0 Å². The summed E-state index contributed by atoms with van der Waals surface area (Å²) < 4.78 is 129. The summed E-state index contributed by atoms with van der Waals surface area (Å²) in [7, 11) is 0. The van der Waals surface area contributed by atoms with Gasteiger partial charge in [0.1, 0.15) is 0 Å². The van der Waals surface area contributed by atoms with Crippen molar-refractivity contribution in [3.05, 3.63) is 253 Å². The Labute approximate surface area is 466 Å². The zero-order valence-electron chi connectivity index (χ0n) is 42.9. The van der Waals surface area contributed by atoms with E-state index in [-0.39, 0.29) is 11.4 Å². The number of benzene rings is 10. The van der Waals surface area contributed by atoms with Crippen molar-refractivity contribution in [2.75, 3.05) is 0 Å². The molecule has 0 aliphatic heterocycles. The fourth-order valence-corrected chi connectivity index (χ4v) is 10.8. The molecule has 4 heterocycles. The van der Waals surface area contributed by atoms with Gasteiger partial charge in [-0.1, -0.05) is 158 Å². The van der Waals surface area contributed by atoms with Crippen molar-refractivity contribution >= 4 is 43.6 Å². The van der Waals surface area contributed by atoms with Gasteiger partial charge in [0.25, 0.3) is 0 Å². The predicted octanol–water partition coefficient (Wildman–Crippen LogP) is 17.6. The van der Waals surface area contributed by atoms with Gasteiger partial charge in [-0.05, 0) is 60.7 Å². The standard InChI is InChI=1S/C67H36F8N8/c68-56-55(57(69)59(71)60(72)58(56)70)47-35-53(82-49-27-15-13-25-43(49)45-33-41(29-31-51(45)82)65-78-61(37-17-5-1-6-18-37)76-62(79-65)38-19-7-2-8-20-38)54(36-48(47)67(73,74)75)83-50-28-16-14-26-44(50)46-34-42(30-32-52(46)83)66-80-63(39-21-9-3-10-22-39)77-64(81-66)40-23-11-4-12-24-40/h1-36H. The largest absolute Gasteiger partial charge is 0.417 e. The highest BCUT2D eigenvalue weighted by atomic mass is 19.4. The van der Waals surface area contributed by atoms with E-state index in [1.165, 1.54) is 0 Å². The van der Waals surface area contributed by atoms with Crippen molar-refractivity contribution in [1.29, 1.82) is 0 Å². The van der Waals surface area contributed by atoms with E-state index in [0.29, 0.717) is 95.8 Å². The molecule has 10 aromatic carbocycles. The third-order valence-electron chi connectivity index (χ3n) is 14.6. The molecular weight excluding hydrogens is 1070 g/mol. The van der Waals surface area contributed by atoms with Gasteiger partial charge in [0.05, 0.1) is 44.6 Å². The summed E-state index contributed by atoms with van der Waals surface area (Å²) >= 11 is 0. The lowest BCUT2D eigenvalue weighted by Crippen LogP contribution is -2.14. The molecule has 0 fully saturated rings. The minimum Gasteiger partial charge on any atom is -0.307 e. The summed E-state index contributed by atoms with van der Waals surface area (Å²) in [4.78, 5) is 29.3. The predicted molar refractivity (Wildman–Crippen MR) is 305 cm³/mol. The molecule has 8 nitrogen and oxygen atoms in total. The minimum absolute atomic E-state index is 0.113. The van der Waals surface area contributed by atoms with Crippen LogP contribution in [0.25, 0.3) is 134 Å². The van der Waals surface area contributed by atoms with Gasteiger partial charge in [0, 0.05) is 60.5 Å². The monoisotopic (exact) mass is 1100 g/mol. The Morgan fingerprint density at radius 2 is 0.578 bits per heavy atom. The molecule has 0 unspecified atom stereocenters.